The van der Waals surface area contributed by atoms with Crippen molar-refractivity contribution < 1.29 is 10.2 Å². The van der Waals surface area contributed by atoms with Crippen molar-refractivity contribution in [1.82, 2.24) is 0 Å². The van der Waals surface area contributed by atoms with Crippen LogP contribution in [0.25, 0.3) is 0 Å². The molecule has 0 spiro atoms. The smallest absolute Gasteiger partial charge is 0.111 e. The lowest BCUT2D eigenvalue weighted by molar-refractivity contribution is 0.137. The van der Waals surface area contributed by atoms with E-state index in [0.717, 1.165) is 0 Å². The fourth-order valence-electron chi connectivity index (χ4n) is 0.281. The number of alkyl halides is 1. The second-order valence-corrected chi connectivity index (χ2v) is 2.58. The summed E-state index contributed by atoms with van der Waals surface area (Å²) in [5.74, 6) is 0. The molecule has 0 saturated heterocycles. The van der Waals surface area contributed by atoms with Crippen LogP contribution in [0.2, 0.25) is 0 Å². The topological polar surface area (TPSA) is 40.5 Å². The quantitative estimate of drug-likeness (QED) is 0.590. The van der Waals surface area contributed by atoms with Gasteiger partial charge >= 0.3 is 0 Å². The van der Waals surface area contributed by atoms with Gasteiger partial charge in [0.2, 0.25) is 0 Å². The Bertz CT molecular complexity index is 39.0. The summed E-state index contributed by atoms with van der Waals surface area (Å²) in [6, 6.07) is 0. The molecule has 2 unspecified atom stereocenters. The lowest BCUT2D eigenvalue weighted by Crippen LogP contribution is -2.07. The van der Waals surface area contributed by atoms with Crippen LogP contribution in [0, 0.1) is 0 Å². The van der Waals surface area contributed by atoms with Gasteiger partial charge in [0.25, 0.3) is 0 Å². The molecule has 0 rings (SSSR count). The summed E-state index contributed by atoms with van der Waals surface area (Å²) in [4.78, 5) is 0. The second-order valence-electron chi connectivity index (χ2n) is 1.52. The molecule has 44 valence electrons. The van der Waals surface area contributed by atoms with Gasteiger partial charge < -0.3 is 10.2 Å². The van der Waals surface area contributed by atoms with E-state index in [0.29, 0.717) is 6.42 Å². The fraction of sp³-hybridized carbons (Fsp3) is 1.00. The van der Waals surface area contributed by atoms with Crippen LogP contribution in [0.3, 0.4) is 0 Å². The van der Waals surface area contributed by atoms with Crippen molar-refractivity contribution in [2.45, 2.75) is 24.5 Å². The molecule has 3 heteroatoms. The van der Waals surface area contributed by atoms with Crippen molar-refractivity contribution in [1.29, 1.82) is 0 Å². The first-order chi connectivity index (χ1) is 3.13. The minimum atomic E-state index is -0.563. The zero-order chi connectivity index (χ0) is 5.86. The molecule has 0 fully saturated rings. The third-order valence-electron chi connectivity index (χ3n) is 0.536. The molecule has 2 nitrogen and oxygen atoms in total. The average molecular weight is 169 g/mol. The van der Waals surface area contributed by atoms with E-state index in [4.69, 9.17) is 10.2 Å². The van der Waals surface area contributed by atoms with E-state index in [1.807, 2.05) is 0 Å². The summed E-state index contributed by atoms with van der Waals surface area (Å²) in [6.07, 6.45) is -0.0330. The Morgan fingerprint density at radius 3 is 2.00 bits per heavy atom. The highest BCUT2D eigenvalue weighted by atomic mass is 79.9. The lowest BCUT2D eigenvalue weighted by Gasteiger charge is -2.02. The van der Waals surface area contributed by atoms with Gasteiger partial charge in [-0.25, -0.2) is 0 Å². The summed E-state index contributed by atoms with van der Waals surface area (Å²) in [7, 11) is 0. The molecule has 2 N–H and O–H groups in total. The van der Waals surface area contributed by atoms with Gasteiger partial charge in [0, 0.05) is 6.42 Å². The van der Waals surface area contributed by atoms with Gasteiger partial charge in [0.05, 0.1) is 6.10 Å². The molecule has 7 heavy (non-hydrogen) atoms. The van der Waals surface area contributed by atoms with E-state index in [1.165, 1.54) is 0 Å². The standard InChI is InChI=1S/C4H9BrO2/c1-3(6)2-4(5)7/h3-4,6-7H,2H2,1H3. The highest BCUT2D eigenvalue weighted by molar-refractivity contribution is 9.09. The molecular weight excluding hydrogens is 160 g/mol. The van der Waals surface area contributed by atoms with Crippen LogP contribution < -0.4 is 0 Å². The average Bonchev–Trinajstić information content (AvgIpc) is 1.27. The van der Waals surface area contributed by atoms with Gasteiger partial charge in [0.15, 0.2) is 0 Å². The Hall–Kier alpha value is 0.400. The molecule has 0 amide bonds. The first-order valence-electron chi connectivity index (χ1n) is 2.13. The molecule has 0 aliphatic rings. The predicted molar refractivity (Wildman–Crippen MR) is 31.2 cm³/mol. The van der Waals surface area contributed by atoms with Crippen LogP contribution in [0.1, 0.15) is 13.3 Å². The van der Waals surface area contributed by atoms with E-state index in [2.05, 4.69) is 15.9 Å². The summed E-state index contributed by atoms with van der Waals surface area (Å²) in [5, 5.41) is 16.4. The Morgan fingerprint density at radius 2 is 2.00 bits per heavy atom. The summed E-state index contributed by atoms with van der Waals surface area (Å²) in [6.45, 7) is 1.63. The zero-order valence-electron chi connectivity index (χ0n) is 4.13. The van der Waals surface area contributed by atoms with Crippen molar-refractivity contribution in [2.24, 2.45) is 0 Å². The third-order valence-corrected chi connectivity index (χ3v) is 0.909. The largest absolute Gasteiger partial charge is 0.393 e. The van der Waals surface area contributed by atoms with Gasteiger partial charge in [-0.3, -0.25) is 0 Å². The molecule has 0 saturated carbocycles. The van der Waals surface area contributed by atoms with Gasteiger partial charge in [-0.05, 0) is 6.92 Å². The van der Waals surface area contributed by atoms with E-state index in [-0.39, 0.29) is 0 Å². The van der Waals surface area contributed by atoms with Crippen LogP contribution in [0.15, 0.2) is 0 Å². The lowest BCUT2D eigenvalue weighted by atomic mass is 10.3. The molecule has 0 aromatic heterocycles. The molecule has 0 heterocycles. The minimum Gasteiger partial charge on any atom is -0.393 e. The first kappa shape index (κ1) is 7.40. The molecular formula is C4H9BrO2. The molecule has 0 radical (unpaired) electrons. The van der Waals surface area contributed by atoms with Gasteiger partial charge in [-0.2, -0.15) is 0 Å². The van der Waals surface area contributed by atoms with Crippen LogP contribution in [-0.2, 0) is 0 Å². The van der Waals surface area contributed by atoms with Crippen LogP contribution in [-0.4, -0.2) is 21.3 Å². The number of hydrogen-bond donors (Lipinski definition) is 2. The SMILES string of the molecule is CC(O)CC(O)Br. The Kier molecular flexibility index (Phi) is 3.60. The summed E-state index contributed by atoms with van der Waals surface area (Å²) >= 11 is 2.87. The van der Waals surface area contributed by atoms with Crippen LogP contribution >= 0.6 is 15.9 Å². The molecule has 0 aromatic rings. The molecule has 2 atom stereocenters. The Labute approximate surface area is 51.3 Å². The van der Waals surface area contributed by atoms with Gasteiger partial charge in [-0.1, -0.05) is 15.9 Å². The maximum Gasteiger partial charge on any atom is 0.111 e. The van der Waals surface area contributed by atoms with Crippen molar-refractivity contribution in [3.8, 4) is 0 Å². The first-order valence-corrected chi connectivity index (χ1v) is 3.04. The third kappa shape index (κ3) is 6.40. The maximum atomic E-state index is 8.53. The highest BCUT2D eigenvalue weighted by Gasteiger charge is 2.00. The van der Waals surface area contributed by atoms with E-state index < -0.39 is 11.1 Å². The summed E-state index contributed by atoms with van der Waals surface area (Å²) < 4.78 is 0. The molecule has 0 aliphatic heterocycles. The monoisotopic (exact) mass is 168 g/mol. The summed E-state index contributed by atoms with van der Waals surface area (Å²) in [5.41, 5.74) is 0. The number of halogens is 1. The maximum absolute atomic E-state index is 8.53. The minimum absolute atomic E-state index is 0.389. The van der Waals surface area contributed by atoms with E-state index in [1.54, 1.807) is 6.92 Å². The number of aliphatic hydroxyl groups is 2. The van der Waals surface area contributed by atoms with Crippen LogP contribution in [0.4, 0.5) is 0 Å². The number of hydrogen-bond acceptors (Lipinski definition) is 2. The van der Waals surface area contributed by atoms with Crippen molar-refractivity contribution in [3.05, 3.63) is 0 Å². The normalized spacial score (nSPS) is 18.9. The number of rotatable bonds is 2. The van der Waals surface area contributed by atoms with Crippen molar-refractivity contribution in [2.75, 3.05) is 0 Å². The molecule has 0 aliphatic carbocycles. The highest BCUT2D eigenvalue weighted by Crippen LogP contribution is 2.02. The second kappa shape index (κ2) is 3.41. The molecule has 0 bridgehead atoms. The van der Waals surface area contributed by atoms with Gasteiger partial charge in [0.1, 0.15) is 5.01 Å². The zero-order valence-corrected chi connectivity index (χ0v) is 5.72. The van der Waals surface area contributed by atoms with Crippen LogP contribution in [0.5, 0.6) is 0 Å². The Balaban J connectivity index is 2.95. The van der Waals surface area contributed by atoms with E-state index in [9.17, 15) is 0 Å². The fourth-order valence-corrected chi connectivity index (χ4v) is 0.822. The predicted octanol–water partition coefficient (Wildman–Crippen LogP) is 0.471. The van der Waals surface area contributed by atoms with Gasteiger partial charge in [-0.15, -0.1) is 0 Å². The molecule has 0 aromatic carbocycles. The van der Waals surface area contributed by atoms with Crippen molar-refractivity contribution in [3.63, 3.8) is 0 Å². The van der Waals surface area contributed by atoms with Crippen molar-refractivity contribution >= 4 is 15.9 Å². The van der Waals surface area contributed by atoms with E-state index >= 15 is 0 Å². The Morgan fingerprint density at radius 1 is 1.57 bits per heavy atom. The number of aliphatic hydroxyl groups excluding tert-OH is 2.